The zero-order valence-corrected chi connectivity index (χ0v) is 18.1. The van der Waals surface area contributed by atoms with E-state index in [9.17, 15) is 4.79 Å². The third-order valence-electron chi connectivity index (χ3n) is 5.17. The number of aryl methyl sites for hydroxylation is 1. The molecule has 1 N–H and O–H groups in total. The number of amides is 1. The molecule has 0 aromatic heterocycles. The van der Waals surface area contributed by atoms with Gasteiger partial charge in [0.15, 0.2) is 11.5 Å². The van der Waals surface area contributed by atoms with Gasteiger partial charge in [-0.2, -0.15) is 0 Å². The molecule has 1 aromatic rings. The second-order valence-electron chi connectivity index (χ2n) is 8.06. The molecular formula is C23H38N2O3. The number of ether oxygens (including phenoxy) is 2. The summed E-state index contributed by atoms with van der Waals surface area (Å²) in [5, 5.41) is 3.06. The molecule has 2 rings (SSSR count). The second-order valence-corrected chi connectivity index (χ2v) is 8.06. The molecular weight excluding hydrogens is 352 g/mol. The number of rotatable bonds is 11. The summed E-state index contributed by atoms with van der Waals surface area (Å²) < 4.78 is 11.2. The van der Waals surface area contributed by atoms with Crippen molar-refractivity contribution >= 4 is 5.91 Å². The van der Waals surface area contributed by atoms with Crippen LogP contribution in [0.1, 0.15) is 52.5 Å². The van der Waals surface area contributed by atoms with Crippen molar-refractivity contribution in [2.24, 2.45) is 11.8 Å². The van der Waals surface area contributed by atoms with E-state index in [4.69, 9.17) is 9.47 Å². The first-order chi connectivity index (χ1) is 13.5. The second kappa shape index (κ2) is 11.9. The number of hydrogen-bond donors (Lipinski definition) is 1. The van der Waals surface area contributed by atoms with Crippen LogP contribution in [0.15, 0.2) is 18.2 Å². The minimum atomic E-state index is 0.118. The van der Waals surface area contributed by atoms with Crippen molar-refractivity contribution in [2.75, 3.05) is 39.4 Å². The molecule has 0 radical (unpaired) electrons. The summed E-state index contributed by atoms with van der Waals surface area (Å²) in [6.07, 6.45) is 3.56. The van der Waals surface area contributed by atoms with Crippen LogP contribution in [0.2, 0.25) is 0 Å². The molecule has 0 bridgehead atoms. The Balaban J connectivity index is 1.68. The third-order valence-corrected chi connectivity index (χ3v) is 5.17. The molecule has 1 aromatic carbocycles. The molecule has 158 valence electrons. The van der Waals surface area contributed by atoms with Crippen LogP contribution in [0.4, 0.5) is 0 Å². The molecule has 1 aliphatic rings. The van der Waals surface area contributed by atoms with Crippen molar-refractivity contribution in [1.82, 2.24) is 10.2 Å². The van der Waals surface area contributed by atoms with E-state index in [0.29, 0.717) is 26.1 Å². The molecule has 0 aliphatic carbocycles. The topological polar surface area (TPSA) is 50.8 Å². The summed E-state index contributed by atoms with van der Waals surface area (Å²) in [5.74, 6) is 3.21. The number of likely N-dealkylation sites (tertiary alicyclic amines) is 1. The maximum Gasteiger partial charge on any atom is 0.220 e. The van der Waals surface area contributed by atoms with Crippen molar-refractivity contribution in [1.29, 1.82) is 0 Å². The van der Waals surface area contributed by atoms with Crippen LogP contribution < -0.4 is 14.8 Å². The number of benzene rings is 1. The van der Waals surface area contributed by atoms with Gasteiger partial charge in [-0.3, -0.25) is 4.79 Å². The largest absolute Gasteiger partial charge is 0.490 e. The average molecular weight is 391 g/mol. The van der Waals surface area contributed by atoms with Crippen LogP contribution >= 0.6 is 0 Å². The predicted octanol–water partition coefficient (Wildman–Crippen LogP) is 3.90. The van der Waals surface area contributed by atoms with Crippen LogP contribution in [0.3, 0.4) is 0 Å². The maximum atomic E-state index is 12.2. The van der Waals surface area contributed by atoms with Gasteiger partial charge in [0.25, 0.3) is 0 Å². The summed E-state index contributed by atoms with van der Waals surface area (Å²) in [6, 6.07) is 5.93. The van der Waals surface area contributed by atoms with Crippen molar-refractivity contribution in [3.05, 3.63) is 23.8 Å². The molecule has 1 fully saturated rings. The lowest BCUT2D eigenvalue weighted by Crippen LogP contribution is -2.40. The smallest absolute Gasteiger partial charge is 0.220 e. The van der Waals surface area contributed by atoms with Gasteiger partial charge in [-0.05, 0) is 69.2 Å². The van der Waals surface area contributed by atoms with Crippen molar-refractivity contribution < 1.29 is 14.3 Å². The number of hydrogen-bond acceptors (Lipinski definition) is 4. The fourth-order valence-corrected chi connectivity index (χ4v) is 4.10. The van der Waals surface area contributed by atoms with Gasteiger partial charge in [-0.1, -0.05) is 19.9 Å². The lowest BCUT2D eigenvalue weighted by Gasteiger charge is -2.34. The summed E-state index contributed by atoms with van der Waals surface area (Å²) in [7, 11) is 0. The summed E-state index contributed by atoms with van der Waals surface area (Å²) in [4.78, 5) is 14.7. The van der Waals surface area contributed by atoms with Crippen molar-refractivity contribution in [2.45, 2.75) is 53.4 Å². The van der Waals surface area contributed by atoms with Crippen molar-refractivity contribution in [3.8, 4) is 11.5 Å². The fraction of sp³-hybridized carbons (Fsp3) is 0.696. The Bertz CT molecular complexity index is 596. The standard InChI is InChI=1S/C23H38N2O3/c1-5-27-21-10-8-20(15-22(21)28-6-2)9-11-23(26)24-12-7-13-25-16-18(3)14-19(4)17-25/h8,10,15,18-19H,5-7,9,11-14,16-17H2,1-4H3,(H,24,26). The van der Waals surface area contributed by atoms with Crippen molar-refractivity contribution in [3.63, 3.8) is 0 Å². The molecule has 0 spiro atoms. The first-order valence-corrected chi connectivity index (χ1v) is 10.9. The Hall–Kier alpha value is -1.75. The van der Waals surface area contributed by atoms with Gasteiger partial charge >= 0.3 is 0 Å². The van der Waals surface area contributed by atoms with Crippen LogP contribution in [-0.2, 0) is 11.2 Å². The van der Waals surface area contributed by atoms with Gasteiger partial charge in [-0.15, -0.1) is 0 Å². The lowest BCUT2D eigenvalue weighted by molar-refractivity contribution is -0.121. The Kier molecular flexibility index (Phi) is 9.62. The highest BCUT2D eigenvalue weighted by Crippen LogP contribution is 2.29. The predicted molar refractivity (Wildman–Crippen MR) is 114 cm³/mol. The maximum absolute atomic E-state index is 12.2. The van der Waals surface area contributed by atoms with E-state index in [-0.39, 0.29) is 5.91 Å². The van der Waals surface area contributed by atoms with E-state index in [1.165, 1.54) is 19.5 Å². The molecule has 0 saturated carbocycles. The van der Waals surface area contributed by atoms with E-state index >= 15 is 0 Å². The minimum absolute atomic E-state index is 0.118. The fourth-order valence-electron chi connectivity index (χ4n) is 4.10. The quantitative estimate of drug-likeness (QED) is 0.582. The van der Waals surface area contributed by atoms with E-state index in [1.54, 1.807) is 0 Å². The van der Waals surface area contributed by atoms with Gasteiger partial charge in [0, 0.05) is 26.1 Å². The first kappa shape index (κ1) is 22.5. The molecule has 5 heteroatoms. The van der Waals surface area contributed by atoms with Gasteiger partial charge in [-0.25, -0.2) is 0 Å². The van der Waals surface area contributed by atoms with E-state index in [0.717, 1.165) is 48.4 Å². The summed E-state index contributed by atoms with van der Waals surface area (Å²) >= 11 is 0. The van der Waals surface area contributed by atoms with Gasteiger partial charge in [0.1, 0.15) is 0 Å². The molecule has 2 atom stereocenters. The zero-order valence-electron chi connectivity index (χ0n) is 18.1. The first-order valence-electron chi connectivity index (χ1n) is 10.9. The molecule has 2 unspecified atom stereocenters. The third kappa shape index (κ3) is 7.70. The Morgan fingerprint density at radius 3 is 2.46 bits per heavy atom. The number of carbonyl (C=O) groups excluding carboxylic acids is 1. The van der Waals surface area contributed by atoms with Crippen LogP contribution in [0.25, 0.3) is 0 Å². The van der Waals surface area contributed by atoms with E-state index in [1.807, 2.05) is 32.0 Å². The minimum Gasteiger partial charge on any atom is -0.490 e. The summed E-state index contributed by atoms with van der Waals surface area (Å²) in [5.41, 5.74) is 1.10. The SMILES string of the molecule is CCOc1ccc(CCC(=O)NCCCN2CC(C)CC(C)C2)cc1OCC. The van der Waals surface area contributed by atoms with Crippen LogP contribution in [0, 0.1) is 11.8 Å². The van der Waals surface area contributed by atoms with Crippen LogP contribution in [-0.4, -0.2) is 50.2 Å². The Labute approximate surface area is 170 Å². The monoisotopic (exact) mass is 390 g/mol. The van der Waals surface area contributed by atoms with Gasteiger partial charge < -0.3 is 19.7 Å². The average Bonchev–Trinajstić information content (AvgIpc) is 2.65. The normalized spacial score (nSPS) is 20.0. The lowest BCUT2D eigenvalue weighted by atomic mass is 9.92. The molecule has 5 nitrogen and oxygen atoms in total. The van der Waals surface area contributed by atoms with Crippen LogP contribution in [0.5, 0.6) is 11.5 Å². The Morgan fingerprint density at radius 2 is 1.79 bits per heavy atom. The summed E-state index contributed by atoms with van der Waals surface area (Å²) in [6.45, 7) is 14.0. The van der Waals surface area contributed by atoms with Gasteiger partial charge in [0.2, 0.25) is 5.91 Å². The number of nitrogens with one attached hydrogen (secondary N) is 1. The molecule has 1 aliphatic heterocycles. The highest BCUT2D eigenvalue weighted by Gasteiger charge is 2.21. The number of carbonyl (C=O) groups is 1. The molecule has 28 heavy (non-hydrogen) atoms. The highest BCUT2D eigenvalue weighted by atomic mass is 16.5. The number of nitrogens with zero attached hydrogens (tertiary/aromatic N) is 1. The number of piperidine rings is 1. The Morgan fingerprint density at radius 1 is 1.11 bits per heavy atom. The van der Waals surface area contributed by atoms with E-state index < -0.39 is 0 Å². The zero-order chi connectivity index (χ0) is 20.4. The molecule has 1 amide bonds. The van der Waals surface area contributed by atoms with Gasteiger partial charge in [0.05, 0.1) is 13.2 Å². The molecule has 1 saturated heterocycles. The van der Waals surface area contributed by atoms with E-state index in [2.05, 4.69) is 24.1 Å². The highest BCUT2D eigenvalue weighted by molar-refractivity contribution is 5.76. The molecule has 1 heterocycles.